The van der Waals surface area contributed by atoms with Crippen molar-refractivity contribution in [1.29, 1.82) is 0 Å². The van der Waals surface area contributed by atoms with Crippen molar-refractivity contribution in [3.63, 3.8) is 0 Å². The predicted molar refractivity (Wildman–Crippen MR) is 114 cm³/mol. The van der Waals surface area contributed by atoms with Gasteiger partial charge in [-0.3, -0.25) is 14.6 Å². The summed E-state index contributed by atoms with van der Waals surface area (Å²) < 4.78 is 5.36. The van der Waals surface area contributed by atoms with Gasteiger partial charge in [-0.05, 0) is 55.4 Å². The van der Waals surface area contributed by atoms with Crippen LogP contribution in [0.4, 0.5) is 0 Å². The second kappa shape index (κ2) is 9.29. The second-order valence-electron chi connectivity index (χ2n) is 8.09. The van der Waals surface area contributed by atoms with E-state index in [1.807, 2.05) is 12.1 Å². The first-order chi connectivity index (χ1) is 15.1. The first-order valence-corrected chi connectivity index (χ1v) is 10.8. The third-order valence-corrected chi connectivity index (χ3v) is 6.21. The highest BCUT2D eigenvalue weighted by molar-refractivity contribution is 5.95. The Kier molecular flexibility index (Phi) is 6.30. The third-order valence-electron chi connectivity index (χ3n) is 6.21. The molecule has 1 aliphatic carbocycles. The number of likely N-dealkylation sites (tertiary alicyclic amines) is 1. The highest BCUT2D eigenvalue weighted by Gasteiger charge is 2.36. The van der Waals surface area contributed by atoms with Gasteiger partial charge in [-0.1, -0.05) is 30.3 Å². The largest absolute Gasteiger partial charge is 0.454 e. The molecule has 0 radical (unpaired) electrons. The van der Waals surface area contributed by atoms with Crippen LogP contribution in [-0.4, -0.2) is 58.8 Å². The van der Waals surface area contributed by atoms with E-state index >= 15 is 0 Å². The molecule has 7 nitrogen and oxygen atoms in total. The standard InChI is InChI=1S/C24H27N3O4/c1-26(20-12-6-9-17-8-2-3-10-18(17)20)22(28)16-31-24(30)21-13-7-15-27(21)23(29)19-11-4-5-14-25-19/h2-5,8,10-11,14,20-21H,6-7,9,12-13,15-16H2,1H3/t20-,21+/m1/s1. The van der Waals surface area contributed by atoms with Gasteiger partial charge in [0.2, 0.25) is 0 Å². The van der Waals surface area contributed by atoms with Gasteiger partial charge in [-0.25, -0.2) is 4.79 Å². The molecule has 2 aromatic rings. The first-order valence-electron chi connectivity index (χ1n) is 10.8. The van der Waals surface area contributed by atoms with Crippen LogP contribution in [0.25, 0.3) is 0 Å². The summed E-state index contributed by atoms with van der Waals surface area (Å²) in [5.74, 6) is -1.06. The molecule has 1 aromatic heterocycles. The van der Waals surface area contributed by atoms with Crippen LogP contribution in [0.3, 0.4) is 0 Å². The number of benzene rings is 1. The molecule has 2 aliphatic rings. The molecule has 0 saturated carbocycles. The minimum absolute atomic E-state index is 0.00939. The van der Waals surface area contributed by atoms with E-state index in [1.54, 1.807) is 36.3 Å². The molecule has 1 aliphatic heterocycles. The molecular weight excluding hydrogens is 394 g/mol. The summed E-state index contributed by atoms with van der Waals surface area (Å²) in [6.45, 7) is 0.151. The number of aromatic nitrogens is 1. The smallest absolute Gasteiger partial charge is 0.329 e. The SMILES string of the molecule is CN(C(=O)COC(=O)[C@@H]1CCCN1C(=O)c1ccccn1)[C@@H]1CCCc2ccccc21. The summed E-state index contributed by atoms with van der Waals surface area (Å²) in [7, 11) is 1.76. The monoisotopic (exact) mass is 421 g/mol. The van der Waals surface area contributed by atoms with Crippen LogP contribution in [-0.2, 0) is 20.7 Å². The van der Waals surface area contributed by atoms with Gasteiger partial charge in [0.15, 0.2) is 6.61 Å². The molecule has 1 saturated heterocycles. The van der Waals surface area contributed by atoms with E-state index in [0.29, 0.717) is 25.1 Å². The lowest BCUT2D eigenvalue weighted by Crippen LogP contribution is -2.43. The van der Waals surface area contributed by atoms with Crippen molar-refractivity contribution in [2.24, 2.45) is 0 Å². The number of ether oxygens (including phenoxy) is 1. The number of fused-ring (bicyclic) bond motifs is 1. The molecule has 0 unspecified atom stereocenters. The summed E-state index contributed by atoms with van der Waals surface area (Å²) in [6.07, 6.45) is 5.72. The molecule has 0 N–H and O–H groups in total. The van der Waals surface area contributed by atoms with Crippen LogP contribution in [0.15, 0.2) is 48.7 Å². The van der Waals surface area contributed by atoms with Crippen molar-refractivity contribution in [2.45, 2.75) is 44.2 Å². The number of pyridine rings is 1. The van der Waals surface area contributed by atoms with Gasteiger partial charge in [0.05, 0.1) is 6.04 Å². The minimum atomic E-state index is -0.678. The minimum Gasteiger partial charge on any atom is -0.454 e. The van der Waals surface area contributed by atoms with Crippen molar-refractivity contribution < 1.29 is 19.1 Å². The zero-order valence-electron chi connectivity index (χ0n) is 17.7. The van der Waals surface area contributed by atoms with Crippen LogP contribution in [0.5, 0.6) is 0 Å². The van der Waals surface area contributed by atoms with Gasteiger partial charge in [0.25, 0.3) is 11.8 Å². The Bertz CT molecular complexity index is 962. The van der Waals surface area contributed by atoms with Crippen molar-refractivity contribution in [1.82, 2.24) is 14.8 Å². The Morgan fingerprint density at radius 1 is 1.10 bits per heavy atom. The molecule has 4 rings (SSSR count). The Labute approximate surface area is 182 Å². The summed E-state index contributed by atoms with van der Waals surface area (Å²) in [5.41, 5.74) is 2.73. The predicted octanol–water partition coefficient (Wildman–Crippen LogP) is 2.77. The summed E-state index contributed by atoms with van der Waals surface area (Å²) in [4.78, 5) is 45.4. The maximum atomic E-state index is 12.8. The van der Waals surface area contributed by atoms with Crippen molar-refractivity contribution in [3.05, 3.63) is 65.5 Å². The van der Waals surface area contributed by atoms with Crippen LogP contribution in [0, 0.1) is 0 Å². The molecule has 0 spiro atoms. The van der Waals surface area contributed by atoms with Crippen LogP contribution in [0.1, 0.15) is 53.3 Å². The Hall–Kier alpha value is -3.22. The first kappa shape index (κ1) is 21.0. The molecule has 2 amide bonds. The summed E-state index contributed by atoms with van der Waals surface area (Å²) >= 11 is 0. The molecular formula is C24H27N3O4. The van der Waals surface area contributed by atoms with Crippen molar-refractivity contribution in [2.75, 3.05) is 20.2 Å². The van der Waals surface area contributed by atoms with Gasteiger partial charge in [0, 0.05) is 19.8 Å². The molecule has 0 bridgehead atoms. The van der Waals surface area contributed by atoms with E-state index in [-0.39, 0.29) is 24.5 Å². The number of nitrogens with zero attached hydrogens (tertiary/aromatic N) is 3. The average molecular weight is 421 g/mol. The Morgan fingerprint density at radius 2 is 1.90 bits per heavy atom. The molecule has 2 heterocycles. The van der Waals surface area contributed by atoms with Gasteiger partial charge >= 0.3 is 5.97 Å². The van der Waals surface area contributed by atoms with Crippen LogP contribution < -0.4 is 0 Å². The van der Waals surface area contributed by atoms with Gasteiger partial charge in [-0.2, -0.15) is 0 Å². The summed E-state index contributed by atoms with van der Waals surface area (Å²) in [6, 6.07) is 12.6. The van der Waals surface area contributed by atoms with E-state index in [2.05, 4.69) is 17.1 Å². The normalized spacial score (nSPS) is 20.1. The Morgan fingerprint density at radius 3 is 2.71 bits per heavy atom. The topological polar surface area (TPSA) is 79.8 Å². The lowest BCUT2D eigenvalue weighted by Gasteiger charge is -2.33. The second-order valence-corrected chi connectivity index (χ2v) is 8.09. The fourth-order valence-electron chi connectivity index (χ4n) is 4.53. The maximum absolute atomic E-state index is 12.8. The zero-order valence-corrected chi connectivity index (χ0v) is 17.7. The quantitative estimate of drug-likeness (QED) is 0.694. The highest BCUT2D eigenvalue weighted by atomic mass is 16.5. The fraction of sp³-hybridized carbons (Fsp3) is 0.417. The average Bonchev–Trinajstić information content (AvgIpc) is 3.31. The number of hydrogen-bond donors (Lipinski definition) is 0. The lowest BCUT2D eigenvalue weighted by atomic mass is 9.87. The Balaban J connectivity index is 1.36. The fourth-order valence-corrected chi connectivity index (χ4v) is 4.53. The zero-order chi connectivity index (χ0) is 21.8. The number of esters is 1. The lowest BCUT2D eigenvalue weighted by molar-refractivity contribution is -0.155. The van der Waals surface area contributed by atoms with Crippen molar-refractivity contribution in [3.8, 4) is 0 Å². The number of likely N-dealkylation sites (N-methyl/N-ethyl adjacent to an activating group) is 1. The van der Waals surface area contributed by atoms with E-state index in [9.17, 15) is 14.4 Å². The summed E-state index contributed by atoms with van der Waals surface area (Å²) in [5, 5.41) is 0. The molecule has 31 heavy (non-hydrogen) atoms. The van der Waals surface area contributed by atoms with E-state index in [4.69, 9.17) is 4.74 Å². The molecule has 1 aromatic carbocycles. The number of rotatable bonds is 5. The number of hydrogen-bond acceptors (Lipinski definition) is 5. The van der Waals surface area contributed by atoms with Gasteiger partial charge in [0.1, 0.15) is 11.7 Å². The van der Waals surface area contributed by atoms with E-state index in [0.717, 1.165) is 19.3 Å². The maximum Gasteiger partial charge on any atom is 0.329 e. The highest BCUT2D eigenvalue weighted by Crippen LogP contribution is 2.33. The van der Waals surface area contributed by atoms with Gasteiger partial charge < -0.3 is 14.5 Å². The molecule has 1 fully saturated rings. The van der Waals surface area contributed by atoms with E-state index < -0.39 is 12.0 Å². The number of aryl methyl sites for hydroxylation is 1. The van der Waals surface area contributed by atoms with Gasteiger partial charge in [-0.15, -0.1) is 0 Å². The third kappa shape index (κ3) is 4.45. The van der Waals surface area contributed by atoms with Crippen molar-refractivity contribution >= 4 is 17.8 Å². The molecule has 162 valence electrons. The number of carbonyl (C=O) groups is 3. The number of carbonyl (C=O) groups excluding carboxylic acids is 3. The number of amides is 2. The molecule has 7 heteroatoms. The van der Waals surface area contributed by atoms with E-state index in [1.165, 1.54) is 16.0 Å². The molecule has 2 atom stereocenters. The van der Waals surface area contributed by atoms with Crippen LogP contribution in [0.2, 0.25) is 0 Å². The van der Waals surface area contributed by atoms with Crippen LogP contribution >= 0.6 is 0 Å².